The number of imidazole rings is 1. The fourth-order valence-corrected chi connectivity index (χ4v) is 3.00. The van der Waals surface area contributed by atoms with Crippen molar-refractivity contribution in [1.29, 1.82) is 0 Å². The SMILES string of the molecule is COC(=O)NC(CC(C)C)C(=O)Nc1ccc(-n2cnc3ccccc32)cc1. The number of alkyl carbamates (subject to hydrolysis) is 1. The minimum absolute atomic E-state index is 0.241. The van der Waals surface area contributed by atoms with Gasteiger partial charge in [-0.1, -0.05) is 26.0 Å². The van der Waals surface area contributed by atoms with Crippen LogP contribution >= 0.6 is 0 Å². The molecule has 0 spiro atoms. The number of benzene rings is 2. The second-order valence-electron chi connectivity index (χ2n) is 6.96. The average Bonchev–Trinajstić information content (AvgIpc) is 3.11. The average molecular weight is 380 g/mol. The summed E-state index contributed by atoms with van der Waals surface area (Å²) < 4.78 is 6.60. The van der Waals surface area contributed by atoms with Crippen molar-refractivity contribution in [2.75, 3.05) is 12.4 Å². The molecule has 2 aromatic carbocycles. The summed E-state index contributed by atoms with van der Waals surface area (Å²) in [5.74, 6) is -0.0373. The van der Waals surface area contributed by atoms with Crippen molar-refractivity contribution in [2.45, 2.75) is 26.3 Å². The number of para-hydroxylation sites is 2. The molecule has 1 heterocycles. The molecule has 1 unspecified atom stereocenters. The predicted molar refractivity (Wildman–Crippen MR) is 108 cm³/mol. The third-order valence-electron chi connectivity index (χ3n) is 4.37. The normalized spacial score (nSPS) is 12.0. The summed E-state index contributed by atoms with van der Waals surface area (Å²) in [4.78, 5) is 28.5. The molecule has 2 N–H and O–H groups in total. The van der Waals surface area contributed by atoms with Crippen LogP contribution in [-0.2, 0) is 9.53 Å². The van der Waals surface area contributed by atoms with Gasteiger partial charge in [-0.15, -0.1) is 0 Å². The monoisotopic (exact) mass is 380 g/mol. The van der Waals surface area contributed by atoms with Gasteiger partial charge in [-0.2, -0.15) is 0 Å². The first-order chi connectivity index (χ1) is 13.5. The minimum Gasteiger partial charge on any atom is -0.453 e. The highest BCUT2D eigenvalue weighted by molar-refractivity contribution is 5.96. The van der Waals surface area contributed by atoms with Crippen LogP contribution in [0.3, 0.4) is 0 Å². The molecule has 0 fully saturated rings. The van der Waals surface area contributed by atoms with Crippen LogP contribution in [0.2, 0.25) is 0 Å². The highest BCUT2D eigenvalue weighted by Crippen LogP contribution is 2.20. The Kier molecular flexibility index (Phi) is 5.93. The number of hydrogen-bond donors (Lipinski definition) is 2. The van der Waals surface area contributed by atoms with E-state index in [0.717, 1.165) is 16.7 Å². The van der Waals surface area contributed by atoms with E-state index in [2.05, 4.69) is 20.4 Å². The first-order valence-corrected chi connectivity index (χ1v) is 9.16. The Hall–Kier alpha value is -3.35. The van der Waals surface area contributed by atoms with Crippen molar-refractivity contribution < 1.29 is 14.3 Å². The Morgan fingerprint density at radius 3 is 2.50 bits per heavy atom. The molecule has 1 aromatic heterocycles. The maximum absolute atomic E-state index is 12.6. The Labute approximate surface area is 163 Å². The van der Waals surface area contributed by atoms with Gasteiger partial charge in [-0.25, -0.2) is 9.78 Å². The van der Waals surface area contributed by atoms with Crippen molar-refractivity contribution in [3.63, 3.8) is 0 Å². The largest absolute Gasteiger partial charge is 0.453 e. The van der Waals surface area contributed by atoms with Gasteiger partial charge in [0.1, 0.15) is 12.4 Å². The van der Waals surface area contributed by atoms with E-state index in [1.165, 1.54) is 7.11 Å². The number of hydrogen-bond acceptors (Lipinski definition) is 4. The van der Waals surface area contributed by atoms with E-state index in [9.17, 15) is 9.59 Å². The van der Waals surface area contributed by atoms with Crippen LogP contribution in [0.15, 0.2) is 54.9 Å². The summed E-state index contributed by atoms with van der Waals surface area (Å²) in [5, 5.41) is 5.44. The number of nitrogens with zero attached hydrogens (tertiary/aromatic N) is 2. The number of ether oxygens (including phenoxy) is 1. The Balaban J connectivity index is 1.73. The number of nitrogens with one attached hydrogen (secondary N) is 2. The van der Waals surface area contributed by atoms with Crippen LogP contribution < -0.4 is 10.6 Å². The summed E-state index contributed by atoms with van der Waals surface area (Å²) in [6, 6.07) is 14.7. The number of methoxy groups -OCH3 is 1. The molecule has 0 saturated carbocycles. The second kappa shape index (κ2) is 8.56. The van der Waals surface area contributed by atoms with Gasteiger partial charge >= 0.3 is 6.09 Å². The van der Waals surface area contributed by atoms with Crippen molar-refractivity contribution >= 4 is 28.7 Å². The van der Waals surface area contributed by atoms with E-state index in [0.29, 0.717) is 12.1 Å². The van der Waals surface area contributed by atoms with Crippen LogP contribution in [0.4, 0.5) is 10.5 Å². The number of carbonyl (C=O) groups excluding carboxylic acids is 2. The number of anilines is 1. The Bertz CT molecular complexity index is 963. The third-order valence-corrected chi connectivity index (χ3v) is 4.37. The molecule has 28 heavy (non-hydrogen) atoms. The zero-order valence-corrected chi connectivity index (χ0v) is 16.2. The van der Waals surface area contributed by atoms with Gasteiger partial charge in [0, 0.05) is 11.4 Å². The van der Waals surface area contributed by atoms with Gasteiger partial charge in [-0.3, -0.25) is 9.36 Å². The number of carbonyl (C=O) groups is 2. The standard InChI is InChI=1S/C21H24N4O3/c1-14(2)12-18(24-21(27)28-3)20(26)23-15-8-10-16(11-9-15)25-13-22-17-6-4-5-7-19(17)25/h4-11,13-14,18H,12H2,1-3H3,(H,23,26)(H,24,27). The van der Waals surface area contributed by atoms with Crippen LogP contribution in [0.5, 0.6) is 0 Å². The molecular formula is C21H24N4O3. The third kappa shape index (κ3) is 4.49. The van der Waals surface area contributed by atoms with Crippen molar-refractivity contribution in [3.05, 3.63) is 54.9 Å². The maximum Gasteiger partial charge on any atom is 0.407 e. The van der Waals surface area contributed by atoms with Gasteiger partial charge in [0.2, 0.25) is 5.91 Å². The summed E-state index contributed by atoms with van der Waals surface area (Å²) >= 11 is 0. The first-order valence-electron chi connectivity index (χ1n) is 9.16. The van der Waals surface area contributed by atoms with E-state index < -0.39 is 12.1 Å². The van der Waals surface area contributed by atoms with Crippen LogP contribution in [0, 0.1) is 5.92 Å². The van der Waals surface area contributed by atoms with Crippen LogP contribution in [0.25, 0.3) is 16.7 Å². The zero-order valence-electron chi connectivity index (χ0n) is 16.2. The lowest BCUT2D eigenvalue weighted by molar-refractivity contribution is -0.118. The molecule has 3 rings (SSSR count). The smallest absolute Gasteiger partial charge is 0.407 e. The Morgan fingerprint density at radius 2 is 1.82 bits per heavy atom. The molecule has 7 heteroatoms. The van der Waals surface area contributed by atoms with Gasteiger partial charge in [0.05, 0.1) is 18.1 Å². The summed E-state index contributed by atoms with van der Waals surface area (Å²) in [6.45, 7) is 3.98. The lowest BCUT2D eigenvalue weighted by Gasteiger charge is -2.19. The molecule has 0 aliphatic carbocycles. The summed E-state index contributed by atoms with van der Waals surface area (Å²) in [7, 11) is 1.28. The fourth-order valence-electron chi connectivity index (χ4n) is 3.00. The molecule has 0 radical (unpaired) electrons. The van der Waals surface area contributed by atoms with Crippen LogP contribution in [0.1, 0.15) is 20.3 Å². The highest BCUT2D eigenvalue weighted by atomic mass is 16.5. The van der Waals surface area contributed by atoms with Gasteiger partial charge < -0.3 is 15.4 Å². The molecule has 2 amide bonds. The van der Waals surface area contributed by atoms with Crippen LogP contribution in [-0.4, -0.2) is 34.7 Å². The van der Waals surface area contributed by atoms with E-state index in [1.807, 2.05) is 66.9 Å². The molecule has 1 atom stereocenters. The van der Waals surface area contributed by atoms with Crippen molar-refractivity contribution in [3.8, 4) is 5.69 Å². The zero-order chi connectivity index (χ0) is 20.1. The van der Waals surface area contributed by atoms with E-state index in [-0.39, 0.29) is 11.8 Å². The number of rotatable bonds is 6. The molecule has 0 bridgehead atoms. The lowest BCUT2D eigenvalue weighted by atomic mass is 10.0. The highest BCUT2D eigenvalue weighted by Gasteiger charge is 2.22. The molecule has 0 aliphatic heterocycles. The topological polar surface area (TPSA) is 85.2 Å². The van der Waals surface area contributed by atoms with E-state index in [4.69, 9.17) is 0 Å². The predicted octanol–water partition coefficient (Wildman–Crippen LogP) is 3.73. The molecule has 146 valence electrons. The van der Waals surface area contributed by atoms with Crippen molar-refractivity contribution in [1.82, 2.24) is 14.9 Å². The van der Waals surface area contributed by atoms with E-state index >= 15 is 0 Å². The first kappa shape index (κ1) is 19.4. The quantitative estimate of drug-likeness (QED) is 0.682. The number of aromatic nitrogens is 2. The summed E-state index contributed by atoms with van der Waals surface area (Å²) in [6.07, 6.45) is 1.67. The van der Waals surface area contributed by atoms with E-state index in [1.54, 1.807) is 6.33 Å². The minimum atomic E-state index is -0.662. The van der Waals surface area contributed by atoms with Gasteiger partial charge in [-0.05, 0) is 48.7 Å². The van der Waals surface area contributed by atoms with Gasteiger partial charge in [0.15, 0.2) is 0 Å². The molecular weight excluding hydrogens is 356 g/mol. The lowest BCUT2D eigenvalue weighted by Crippen LogP contribution is -2.44. The second-order valence-corrected chi connectivity index (χ2v) is 6.96. The molecule has 3 aromatic rings. The summed E-state index contributed by atoms with van der Waals surface area (Å²) in [5.41, 5.74) is 3.53. The molecule has 0 aliphatic rings. The number of amides is 2. The van der Waals surface area contributed by atoms with Crippen molar-refractivity contribution in [2.24, 2.45) is 5.92 Å². The molecule has 7 nitrogen and oxygen atoms in total. The Morgan fingerprint density at radius 1 is 1.11 bits per heavy atom. The molecule has 0 saturated heterocycles. The maximum atomic E-state index is 12.6. The number of fused-ring (bicyclic) bond motifs is 1. The van der Waals surface area contributed by atoms with Gasteiger partial charge in [0.25, 0.3) is 0 Å². The fraction of sp³-hybridized carbons (Fsp3) is 0.286.